The van der Waals surface area contributed by atoms with E-state index in [0.29, 0.717) is 6.17 Å². The molecule has 7 heteroatoms. The molecule has 3 N–H and O–H groups in total. The van der Waals surface area contributed by atoms with Gasteiger partial charge in [0.05, 0.1) is 6.17 Å². The van der Waals surface area contributed by atoms with Crippen molar-refractivity contribution in [1.82, 2.24) is 9.80 Å². The predicted molar refractivity (Wildman–Crippen MR) is 71.5 cm³/mol. The highest BCUT2D eigenvalue weighted by Gasteiger charge is 2.23. The zero-order chi connectivity index (χ0) is 14.3. The molecule has 1 aliphatic heterocycles. The maximum Gasteiger partial charge on any atom is 0.466 e. The summed E-state index contributed by atoms with van der Waals surface area (Å²) in [5.74, 6) is 0. The summed E-state index contributed by atoms with van der Waals surface area (Å²) in [4.78, 5) is 26.4. The van der Waals surface area contributed by atoms with Gasteiger partial charge in [0, 0.05) is 25.0 Å². The van der Waals surface area contributed by atoms with Gasteiger partial charge >= 0.3 is 7.82 Å². The Bertz CT molecular complexity index is 308. The molecule has 0 aromatic heterocycles. The van der Waals surface area contributed by atoms with E-state index in [4.69, 9.17) is 19.2 Å². The zero-order valence-corrected chi connectivity index (χ0v) is 12.5. The SMILES string of the molecule is CCCCN1C=C(C)N(CC)C1C.O=P(O)(O)O. The molecule has 0 amide bonds. The standard InChI is InChI=1S/C11H22N2.H3O4P/c1-5-7-8-12-9-10(3)13(6-2)11(12)4;1-5(2,3)4/h9,11H,5-8H2,1-4H3;(H3,1,2,3,4). The lowest BCUT2D eigenvalue weighted by molar-refractivity contribution is 0.166. The largest absolute Gasteiger partial charge is 0.466 e. The van der Waals surface area contributed by atoms with Gasteiger partial charge in [-0.15, -0.1) is 0 Å². The molecule has 0 aliphatic carbocycles. The molecule has 0 saturated carbocycles. The van der Waals surface area contributed by atoms with E-state index in [0.717, 1.165) is 6.54 Å². The Kier molecular flexibility index (Phi) is 7.55. The topological polar surface area (TPSA) is 84.2 Å². The number of rotatable bonds is 4. The molecule has 108 valence electrons. The molecule has 0 aromatic rings. The third kappa shape index (κ3) is 7.01. The van der Waals surface area contributed by atoms with Crippen molar-refractivity contribution in [2.45, 2.75) is 46.7 Å². The molecule has 1 unspecified atom stereocenters. The van der Waals surface area contributed by atoms with E-state index >= 15 is 0 Å². The third-order valence-electron chi connectivity index (χ3n) is 2.85. The highest BCUT2D eigenvalue weighted by atomic mass is 31.2. The van der Waals surface area contributed by atoms with Crippen LogP contribution in [0.1, 0.15) is 40.5 Å². The second kappa shape index (κ2) is 7.79. The number of hydrogen-bond acceptors (Lipinski definition) is 3. The lowest BCUT2D eigenvalue weighted by Gasteiger charge is -2.30. The van der Waals surface area contributed by atoms with Gasteiger partial charge in [0.15, 0.2) is 0 Å². The minimum absolute atomic E-state index is 0.566. The lowest BCUT2D eigenvalue weighted by Crippen LogP contribution is -2.37. The number of nitrogens with zero attached hydrogens (tertiary/aromatic N) is 2. The first-order valence-electron chi connectivity index (χ1n) is 6.19. The summed E-state index contributed by atoms with van der Waals surface area (Å²) in [5.41, 5.74) is 1.41. The number of hydrogen-bond donors (Lipinski definition) is 3. The van der Waals surface area contributed by atoms with Crippen LogP contribution in [0.2, 0.25) is 0 Å². The van der Waals surface area contributed by atoms with Crippen molar-refractivity contribution in [3.8, 4) is 0 Å². The normalized spacial score (nSPS) is 19.5. The maximum atomic E-state index is 8.88. The van der Waals surface area contributed by atoms with Gasteiger partial charge in [0.2, 0.25) is 0 Å². The Morgan fingerprint density at radius 3 is 2.17 bits per heavy atom. The quantitative estimate of drug-likeness (QED) is 0.680. The van der Waals surface area contributed by atoms with E-state index in [1.165, 1.54) is 25.1 Å². The summed E-state index contributed by atoms with van der Waals surface area (Å²) < 4.78 is 8.88. The Balaban J connectivity index is 0.000000494. The maximum absolute atomic E-state index is 8.88. The van der Waals surface area contributed by atoms with Crippen molar-refractivity contribution < 1.29 is 19.2 Å². The fourth-order valence-corrected chi connectivity index (χ4v) is 2.00. The Morgan fingerprint density at radius 1 is 1.33 bits per heavy atom. The van der Waals surface area contributed by atoms with Crippen molar-refractivity contribution in [1.29, 1.82) is 0 Å². The molecule has 0 radical (unpaired) electrons. The predicted octanol–water partition coefficient (Wildman–Crippen LogP) is 1.70. The molecule has 0 bridgehead atoms. The summed E-state index contributed by atoms with van der Waals surface area (Å²) in [6.07, 6.45) is 5.44. The Hall–Kier alpha value is -0.550. The summed E-state index contributed by atoms with van der Waals surface area (Å²) >= 11 is 0. The lowest BCUT2D eigenvalue weighted by atomic mass is 10.3. The van der Waals surface area contributed by atoms with E-state index in [1.807, 2.05) is 0 Å². The number of allylic oxidation sites excluding steroid dienone is 1. The number of phosphoric acid groups is 1. The first-order chi connectivity index (χ1) is 8.20. The van der Waals surface area contributed by atoms with Gasteiger partial charge in [0.25, 0.3) is 0 Å². The van der Waals surface area contributed by atoms with Gasteiger partial charge < -0.3 is 24.5 Å². The molecule has 18 heavy (non-hydrogen) atoms. The number of unbranched alkanes of at least 4 members (excludes halogenated alkanes) is 1. The molecule has 1 heterocycles. The fraction of sp³-hybridized carbons (Fsp3) is 0.818. The van der Waals surface area contributed by atoms with Crippen molar-refractivity contribution >= 4 is 7.82 Å². The van der Waals surface area contributed by atoms with Crippen molar-refractivity contribution in [2.24, 2.45) is 0 Å². The summed E-state index contributed by atoms with van der Waals surface area (Å²) in [7, 11) is -4.64. The fourth-order valence-electron chi connectivity index (χ4n) is 2.00. The summed E-state index contributed by atoms with van der Waals surface area (Å²) in [6, 6.07) is 0. The van der Waals surface area contributed by atoms with Gasteiger partial charge in [-0.25, -0.2) is 4.57 Å². The molecule has 0 fully saturated rings. The molecule has 0 spiro atoms. The van der Waals surface area contributed by atoms with Crippen LogP contribution in [0.5, 0.6) is 0 Å². The second-order valence-electron chi connectivity index (χ2n) is 4.29. The molecule has 0 aromatic carbocycles. The third-order valence-corrected chi connectivity index (χ3v) is 2.85. The minimum atomic E-state index is -4.64. The summed E-state index contributed by atoms with van der Waals surface area (Å²) in [5, 5.41) is 0. The van der Waals surface area contributed by atoms with Crippen LogP contribution in [0, 0.1) is 0 Å². The molecule has 1 atom stereocenters. The van der Waals surface area contributed by atoms with Crippen LogP contribution in [0.15, 0.2) is 11.9 Å². The van der Waals surface area contributed by atoms with Crippen LogP contribution in [0.25, 0.3) is 0 Å². The van der Waals surface area contributed by atoms with E-state index < -0.39 is 7.82 Å². The van der Waals surface area contributed by atoms with Crippen molar-refractivity contribution in [3.63, 3.8) is 0 Å². The monoisotopic (exact) mass is 280 g/mol. The van der Waals surface area contributed by atoms with Gasteiger partial charge in [0.1, 0.15) is 0 Å². The Morgan fingerprint density at radius 2 is 1.83 bits per heavy atom. The van der Waals surface area contributed by atoms with Crippen molar-refractivity contribution in [2.75, 3.05) is 13.1 Å². The highest BCUT2D eigenvalue weighted by Crippen LogP contribution is 2.25. The highest BCUT2D eigenvalue weighted by molar-refractivity contribution is 7.45. The van der Waals surface area contributed by atoms with Crippen molar-refractivity contribution in [3.05, 3.63) is 11.9 Å². The van der Waals surface area contributed by atoms with Crippen LogP contribution in [0.3, 0.4) is 0 Å². The molecule has 1 rings (SSSR count). The molecular formula is C11H25N2O4P. The van der Waals surface area contributed by atoms with Gasteiger partial charge in [-0.3, -0.25) is 0 Å². The molecule has 1 aliphatic rings. The average Bonchev–Trinajstić information content (AvgIpc) is 2.48. The van der Waals surface area contributed by atoms with E-state index in [2.05, 4.69) is 43.7 Å². The first kappa shape index (κ1) is 17.4. The molecular weight excluding hydrogens is 255 g/mol. The van der Waals surface area contributed by atoms with Crippen LogP contribution in [-0.4, -0.2) is 43.7 Å². The van der Waals surface area contributed by atoms with Crippen LogP contribution in [0.4, 0.5) is 0 Å². The molecule has 6 nitrogen and oxygen atoms in total. The average molecular weight is 280 g/mol. The smallest absolute Gasteiger partial charge is 0.356 e. The van der Waals surface area contributed by atoms with Crippen LogP contribution >= 0.6 is 7.82 Å². The zero-order valence-electron chi connectivity index (χ0n) is 11.6. The Labute approximate surface area is 109 Å². The van der Waals surface area contributed by atoms with E-state index in [-0.39, 0.29) is 0 Å². The van der Waals surface area contributed by atoms with Crippen LogP contribution in [-0.2, 0) is 4.57 Å². The second-order valence-corrected chi connectivity index (χ2v) is 5.32. The van der Waals surface area contributed by atoms with Crippen LogP contribution < -0.4 is 0 Å². The summed E-state index contributed by atoms with van der Waals surface area (Å²) in [6.45, 7) is 11.3. The molecule has 0 saturated heterocycles. The van der Waals surface area contributed by atoms with E-state index in [9.17, 15) is 0 Å². The minimum Gasteiger partial charge on any atom is -0.356 e. The van der Waals surface area contributed by atoms with Gasteiger partial charge in [-0.2, -0.15) is 0 Å². The first-order valence-corrected chi connectivity index (χ1v) is 7.76. The van der Waals surface area contributed by atoms with Gasteiger partial charge in [-0.1, -0.05) is 13.3 Å². The van der Waals surface area contributed by atoms with E-state index in [1.54, 1.807) is 0 Å². The van der Waals surface area contributed by atoms with Gasteiger partial charge in [-0.05, 0) is 27.2 Å².